The van der Waals surface area contributed by atoms with Crippen LogP contribution in [-0.2, 0) is 59.2 Å². The maximum atomic E-state index is 14.6. The van der Waals surface area contributed by atoms with Crippen LogP contribution in [0.2, 0.25) is 0 Å². The molecule has 0 aliphatic carbocycles. The highest BCUT2D eigenvalue weighted by molar-refractivity contribution is 5.96. The number of aliphatic carboxylic acids is 1. The molecule has 1 aromatic carbocycles. The molecule has 7 atom stereocenters. The lowest BCUT2D eigenvalue weighted by Gasteiger charge is -2.42. The van der Waals surface area contributed by atoms with Crippen LogP contribution in [0, 0.1) is 11.3 Å². The minimum Gasteiger partial charge on any atom is -0.480 e. The van der Waals surface area contributed by atoms with Crippen molar-refractivity contribution in [2.75, 3.05) is 65.5 Å². The summed E-state index contributed by atoms with van der Waals surface area (Å²) in [7, 11) is 0. The van der Waals surface area contributed by atoms with Gasteiger partial charge in [0, 0.05) is 38.0 Å². The van der Waals surface area contributed by atoms with Gasteiger partial charge in [-0.2, -0.15) is 0 Å². The standard InChI is InChI=1S/C47H73N9O15/c1-9-29(4)56(46(70)47(6,7)8)25-39(64)55-17-13-16-32(55)45(69)54(19-31-14-11-10-12-15-31)24-38(63)52(20-34(48)59)23-36(61)51(18-28(2)3)22-37(62)53(26-40(65)66)21-35(60)50-44-41(49-30(5)58)43(68)42(67)33(27-57)71-44/h10-12,14-15,28-29,32-33,41-44,57,67-68H,9,13,16-27H2,1-8H3,(H2,48,59)(H,49,58)(H,50,60)(H,65,66)/t29-,32-,33+,41+,42+,43+,44+/m0/s1. The number of nitrogens with two attached hydrogens (primary N) is 1. The Labute approximate surface area is 413 Å². The number of rotatable bonds is 24. The number of amides is 9. The lowest BCUT2D eigenvalue weighted by Crippen LogP contribution is -2.68. The van der Waals surface area contributed by atoms with Gasteiger partial charge < -0.3 is 70.9 Å². The van der Waals surface area contributed by atoms with Gasteiger partial charge in [-0.25, -0.2) is 0 Å². The van der Waals surface area contributed by atoms with E-state index in [1.165, 1.54) is 14.7 Å². The fourth-order valence-electron chi connectivity index (χ4n) is 8.18. The van der Waals surface area contributed by atoms with Crippen LogP contribution in [0.1, 0.15) is 80.2 Å². The maximum absolute atomic E-state index is 14.6. The Bertz CT molecular complexity index is 2070. The predicted molar refractivity (Wildman–Crippen MR) is 252 cm³/mol. The number of carboxylic acids is 1. The molecule has 0 spiro atoms. The van der Waals surface area contributed by atoms with Gasteiger partial charge in [0.15, 0.2) is 6.23 Å². The monoisotopic (exact) mass is 1000 g/mol. The number of aliphatic hydroxyl groups excluding tert-OH is 3. The molecule has 3 rings (SSSR count). The highest BCUT2D eigenvalue weighted by Crippen LogP contribution is 2.25. The first-order valence-electron chi connectivity index (χ1n) is 23.6. The number of carbonyl (C=O) groups is 10. The van der Waals surface area contributed by atoms with Gasteiger partial charge in [0.05, 0.1) is 19.7 Å². The molecule has 2 aliphatic rings. The van der Waals surface area contributed by atoms with Crippen LogP contribution in [0.25, 0.3) is 0 Å². The van der Waals surface area contributed by atoms with Crippen molar-refractivity contribution in [3.05, 3.63) is 35.9 Å². The van der Waals surface area contributed by atoms with Gasteiger partial charge in [0.2, 0.25) is 53.2 Å². The van der Waals surface area contributed by atoms with Crippen molar-refractivity contribution in [1.29, 1.82) is 0 Å². The van der Waals surface area contributed by atoms with E-state index in [-0.39, 0.29) is 50.5 Å². The van der Waals surface area contributed by atoms with E-state index in [4.69, 9.17) is 10.5 Å². The molecule has 0 aromatic heterocycles. The molecule has 24 heteroatoms. The summed E-state index contributed by atoms with van der Waals surface area (Å²) in [5.74, 6) is -8.70. The van der Waals surface area contributed by atoms with Crippen molar-refractivity contribution in [3.8, 4) is 0 Å². The van der Waals surface area contributed by atoms with Crippen molar-refractivity contribution in [2.24, 2.45) is 17.1 Å². The zero-order valence-corrected chi connectivity index (χ0v) is 41.9. The second-order valence-electron chi connectivity index (χ2n) is 19.4. The third-order valence-corrected chi connectivity index (χ3v) is 11.9. The molecule has 0 unspecified atom stereocenters. The summed E-state index contributed by atoms with van der Waals surface area (Å²) in [6.07, 6.45) is -5.07. The maximum Gasteiger partial charge on any atom is 0.323 e. The molecule has 2 fully saturated rings. The number of ether oxygens (including phenoxy) is 1. The van der Waals surface area contributed by atoms with Gasteiger partial charge >= 0.3 is 5.97 Å². The number of aliphatic hydroxyl groups is 3. The zero-order chi connectivity index (χ0) is 53.5. The van der Waals surface area contributed by atoms with Crippen molar-refractivity contribution in [1.82, 2.24) is 40.0 Å². The minimum atomic E-state index is -1.73. The molecular formula is C47H73N9O15. The Morgan fingerprint density at radius 2 is 1.38 bits per heavy atom. The van der Waals surface area contributed by atoms with Gasteiger partial charge in [-0.1, -0.05) is 71.9 Å². The quantitative estimate of drug-likeness (QED) is 0.0561. The first kappa shape index (κ1) is 59.1. The Kier molecular flexibility index (Phi) is 22.3. The van der Waals surface area contributed by atoms with Crippen LogP contribution in [-0.4, -0.2) is 217 Å². The van der Waals surface area contributed by atoms with Gasteiger partial charge in [0.1, 0.15) is 63.1 Å². The van der Waals surface area contributed by atoms with E-state index in [1.807, 2.05) is 13.8 Å². The van der Waals surface area contributed by atoms with Crippen LogP contribution in [0.15, 0.2) is 30.3 Å². The fraction of sp³-hybridized carbons (Fsp3) is 0.660. The van der Waals surface area contributed by atoms with Crippen molar-refractivity contribution < 1.29 is 73.1 Å². The molecule has 0 radical (unpaired) electrons. The van der Waals surface area contributed by atoms with E-state index in [0.29, 0.717) is 23.3 Å². The predicted octanol–water partition coefficient (Wildman–Crippen LogP) is -2.55. The Balaban J connectivity index is 1.88. The van der Waals surface area contributed by atoms with E-state index in [9.17, 15) is 68.4 Å². The number of hydrogen-bond donors (Lipinski definition) is 7. The average Bonchev–Trinajstić information content (AvgIpc) is 3.79. The van der Waals surface area contributed by atoms with Gasteiger partial charge in [-0.05, 0) is 37.7 Å². The molecule has 396 valence electrons. The van der Waals surface area contributed by atoms with Crippen molar-refractivity contribution in [3.63, 3.8) is 0 Å². The van der Waals surface area contributed by atoms with E-state index >= 15 is 0 Å². The first-order chi connectivity index (χ1) is 33.2. The zero-order valence-electron chi connectivity index (χ0n) is 41.9. The molecule has 24 nitrogen and oxygen atoms in total. The summed E-state index contributed by atoms with van der Waals surface area (Å²) in [5, 5.41) is 45.0. The summed E-state index contributed by atoms with van der Waals surface area (Å²) in [4.78, 5) is 140. The Morgan fingerprint density at radius 1 is 0.803 bits per heavy atom. The van der Waals surface area contributed by atoms with E-state index in [0.717, 1.165) is 16.7 Å². The summed E-state index contributed by atoms with van der Waals surface area (Å²) in [5.41, 5.74) is 5.39. The Hall–Kier alpha value is -6.24. The molecule has 0 bridgehead atoms. The SMILES string of the molecule is CC[C@H](C)N(CC(=O)N1CCC[C@H]1C(=O)N(CC(=O)N(CC(N)=O)CC(=O)N(CC(=O)N(CC(=O)O)CC(=O)N[C@@H]1O[C@H](CO)[C@@H](O)[C@H](O)[C@H]1NC(C)=O)CC(C)C)Cc1ccccc1)C(=O)C(C)(C)C. The highest BCUT2D eigenvalue weighted by Gasteiger charge is 2.46. The van der Waals surface area contributed by atoms with Gasteiger partial charge in [-0.3, -0.25) is 47.9 Å². The molecule has 2 heterocycles. The average molecular weight is 1000 g/mol. The number of likely N-dealkylation sites (tertiary alicyclic amines) is 1. The van der Waals surface area contributed by atoms with Crippen LogP contribution in [0.3, 0.4) is 0 Å². The Morgan fingerprint density at radius 3 is 1.92 bits per heavy atom. The molecule has 71 heavy (non-hydrogen) atoms. The number of nitrogens with one attached hydrogen (secondary N) is 2. The third kappa shape index (κ3) is 17.5. The second kappa shape index (κ2) is 26.8. The minimum absolute atomic E-state index is 0.115. The highest BCUT2D eigenvalue weighted by atomic mass is 16.5. The topological polar surface area (TPSA) is 330 Å². The molecular weight excluding hydrogens is 931 g/mol. The second-order valence-corrected chi connectivity index (χ2v) is 19.4. The number of carboxylic acid groups (broad SMARTS) is 1. The number of carbonyl (C=O) groups excluding carboxylic acids is 9. The smallest absolute Gasteiger partial charge is 0.323 e. The lowest BCUT2D eigenvalue weighted by atomic mass is 9.93. The summed E-state index contributed by atoms with van der Waals surface area (Å²) >= 11 is 0. The van der Waals surface area contributed by atoms with E-state index in [1.54, 1.807) is 65.0 Å². The lowest BCUT2D eigenvalue weighted by molar-refractivity contribution is -0.203. The van der Waals surface area contributed by atoms with E-state index < -0.39 is 141 Å². The largest absolute Gasteiger partial charge is 0.480 e. The molecule has 2 saturated heterocycles. The normalized spacial score (nSPS) is 20.3. The molecule has 9 amide bonds. The van der Waals surface area contributed by atoms with Crippen LogP contribution >= 0.6 is 0 Å². The fourth-order valence-corrected chi connectivity index (χ4v) is 8.18. The first-order valence-corrected chi connectivity index (χ1v) is 23.6. The number of nitrogens with zero attached hydrogens (tertiary/aromatic N) is 6. The summed E-state index contributed by atoms with van der Waals surface area (Å²) in [6, 6.07) is 5.94. The molecule has 1 aromatic rings. The van der Waals surface area contributed by atoms with Gasteiger partial charge in [0.25, 0.3) is 0 Å². The van der Waals surface area contributed by atoms with Crippen LogP contribution in [0.5, 0.6) is 0 Å². The number of benzene rings is 1. The summed E-state index contributed by atoms with van der Waals surface area (Å²) < 4.78 is 5.50. The molecule has 2 aliphatic heterocycles. The number of primary amides is 1. The third-order valence-electron chi connectivity index (χ3n) is 11.9. The molecule has 0 saturated carbocycles. The van der Waals surface area contributed by atoms with Gasteiger partial charge in [-0.15, -0.1) is 0 Å². The van der Waals surface area contributed by atoms with E-state index in [2.05, 4.69) is 10.6 Å². The number of hydrogen-bond acceptors (Lipinski definition) is 14. The van der Waals surface area contributed by atoms with Crippen LogP contribution < -0.4 is 16.4 Å². The van der Waals surface area contributed by atoms with Crippen molar-refractivity contribution >= 4 is 59.1 Å². The molecule has 8 N–H and O–H groups in total. The van der Waals surface area contributed by atoms with Crippen molar-refractivity contribution in [2.45, 2.75) is 124 Å². The van der Waals surface area contributed by atoms with Crippen LogP contribution in [0.4, 0.5) is 0 Å². The summed E-state index contributed by atoms with van der Waals surface area (Å²) in [6.45, 7) is 7.30.